The van der Waals surface area contributed by atoms with Gasteiger partial charge >= 0.3 is 0 Å². The molecule has 3 rings (SSSR count). The third-order valence-electron chi connectivity index (χ3n) is 4.21. The van der Waals surface area contributed by atoms with Gasteiger partial charge in [-0.1, -0.05) is 0 Å². The Balaban J connectivity index is 1.94. The number of nitrogens with two attached hydrogens (primary N) is 1. The van der Waals surface area contributed by atoms with Crippen LogP contribution in [0.15, 0.2) is 18.2 Å². The van der Waals surface area contributed by atoms with E-state index in [9.17, 15) is 4.39 Å². The van der Waals surface area contributed by atoms with E-state index < -0.39 is 0 Å². The van der Waals surface area contributed by atoms with Crippen molar-refractivity contribution in [2.24, 2.45) is 5.73 Å². The molecule has 2 bridgehead atoms. The van der Waals surface area contributed by atoms with Crippen LogP contribution in [0.25, 0.3) is 0 Å². The summed E-state index contributed by atoms with van der Waals surface area (Å²) in [6.07, 6.45) is 4.62. The molecule has 3 heteroatoms. The molecule has 17 heavy (non-hydrogen) atoms. The van der Waals surface area contributed by atoms with Crippen LogP contribution in [0.4, 0.5) is 10.1 Å². The lowest BCUT2D eigenvalue weighted by Crippen LogP contribution is -2.47. The summed E-state index contributed by atoms with van der Waals surface area (Å²) < 4.78 is 13.1. The van der Waals surface area contributed by atoms with Crippen molar-refractivity contribution in [3.63, 3.8) is 0 Å². The Morgan fingerprint density at radius 3 is 2.47 bits per heavy atom. The maximum Gasteiger partial charge on any atom is 0.123 e. The average Bonchev–Trinajstić information content (AvgIpc) is 2.53. The Kier molecular flexibility index (Phi) is 2.58. The zero-order valence-corrected chi connectivity index (χ0v) is 10.2. The summed E-state index contributed by atoms with van der Waals surface area (Å²) in [6.45, 7) is 1.99. The van der Waals surface area contributed by atoms with Crippen LogP contribution < -0.4 is 10.6 Å². The lowest BCUT2D eigenvalue weighted by molar-refractivity contribution is 0.414. The molecule has 2 atom stereocenters. The van der Waals surface area contributed by atoms with Crippen LogP contribution in [0.2, 0.25) is 0 Å². The fourth-order valence-corrected chi connectivity index (χ4v) is 3.52. The minimum Gasteiger partial charge on any atom is -0.365 e. The summed E-state index contributed by atoms with van der Waals surface area (Å²) in [4.78, 5) is 2.48. The molecule has 1 aromatic rings. The highest BCUT2D eigenvalue weighted by Gasteiger charge is 2.39. The molecule has 0 aromatic heterocycles. The van der Waals surface area contributed by atoms with E-state index >= 15 is 0 Å². The molecule has 0 amide bonds. The molecule has 2 N–H and O–H groups in total. The van der Waals surface area contributed by atoms with Crippen molar-refractivity contribution in [3.8, 4) is 0 Å². The third-order valence-corrected chi connectivity index (χ3v) is 4.21. The molecule has 2 aliphatic heterocycles. The lowest BCUT2D eigenvalue weighted by atomic mass is 9.96. The molecule has 0 radical (unpaired) electrons. The highest BCUT2D eigenvalue weighted by molar-refractivity contribution is 5.56. The van der Waals surface area contributed by atoms with Crippen LogP contribution in [0, 0.1) is 12.7 Å². The first-order valence-electron chi connectivity index (χ1n) is 6.45. The molecule has 2 unspecified atom stereocenters. The van der Waals surface area contributed by atoms with Crippen LogP contribution in [0.1, 0.15) is 31.2 Å². The molecule has 2 heterocycles. The second-order valence-corrected chi connectivity index (χ2v) is 5.45. The maximum absolute atomic E-state index is 13.1. The number of hydrogen-bond acceptors (Lipinski definition) is 2. The lowest BCUT2D eigenvalue weighted by Gasteiger charge is -2.40. The van der Waals surface area contributed by atoms with E-state index in [0.29, 0.717) is 18.1 Å². The molecular weight excluding hydrogens is 215 g/mol. The number of fused-ring (bicyclic) bond motifs is 2. The highest BCUT2D eigenvalue weighted by Crippen LogP contribution is 2.40. The number of benzene rings is 1. The van der Waals surface area contributed by atoms with Crippen molar-refractivity contribution in [2.45, 2.75) is 50.7 Å². The standard InChI is InChI=1S/C14H19FN2/c1-9-6-10(15)2-5-14(9)17-12-3-4-13(17)8-11(16)7-12/h2,5-6,11-13H,3-4,7-8,16H2,1H3. The molecule has 1 aromatic carbocycles. The fraction of sp³-hybridized carbons (Fsp3) is 0.571. The van der Waals surface area contributed by atoms with Gasteiger partial charge in [0.25, 0.3) is 0 Å². The van der Waals surface area contributed by atoms with Gasteiger partial charge in [0, 0.05) is 23.8 Å². The van der Waals surface area contributed by atoms with Gasteiger partial charge in [-0.2, -0.15) is 0 Å². The van der Waals surface area contributed by atoms with Crippen LogP contribution in [0.5, 0.6) is 0 Å². The largest absolute Gasteiger partial charge is 0.365 e. The van der Waals surface area contributed by atoms with Gasteiger partial charge in [0.05, 0.1) is 0 Å². The van der Waals surface area contributed by atoms with E-state index in [0.717, 1.165) is 18.4 Å². The third kappa shape index (κ3) is 1.82. The molecule has 92 valence electrons. The van der Waals surface area contributed by atoms with Crippen molar-refractivity contribution >= 4 is 5.69 Å². The fourth-order valence-electron chi connectivity index (χ4n) is 3.52. The first kappa shape index (κ1) is 11.0. The monoisotopic (exact) mass is 234 g/mol. The number of piperidine rings is 1. The van der Waals surface area contributed by atoms with Gasteiger partial charge in [-0.05, 0) is 56.4 Å². The number of nitrogens with zero attached hydrogens (tertiary/aromatic N) is 1. The van der Waals surface area contributed by atoms with Crippen molar-refractivity contribution < 1.29 is 4.39 Å². The highest BCUT2D eigenvalue weighted by atomic mass is 19.1. The second-order valence-electron chi connectivity index (χ2n) is 5.45. The van der Waals surface area contributed by atoms with Crippen LogP contribution >= 0.6 is 0 Å². The smallest absolute Gasteiger partial charge is 0.123 e. The predicted molar refractivity (Wildman–Crippen MR) is 67.6 cm³/mol. The Morgan fingerprint density at radius 1 is 1.24 bits per heavy atom. The van der Waals surface area contributed by atoms with E-state index in [2.05, 4.69) is 4.90 Å². The molecule has 0 aliphatic carbocycles. The summed E-state index contributed by atoms with van der Waals surface area (Å²) in [5, 5.41) is 0. The van der Waals surface area contributed by atoms with Gasteiger partial charge in [-0.25, -0.2) is 4.39 Å². The number of rotatable bonds is 1. The number of anilines is 1. The van der Waals surface area contributed by atoms with Gasteiger partial charge in [-0.3, -0.25) is 0 Å². The summed E-state index contributed by atoms with van der Waals surface area (Å²) in [7, 11) is 0. The first-order valence-corrected chi connectivity index (χ1v) is 6.45. The van der Waals surface area contributed by atoms with Crippen molar-refractivity contribution in [1.82, 2.24) is 0 Å². The summed E-state index contributed by atoms with van der Waals surface area (Å²) in [6, 6.07) is 6.59. The molecule has 2 nitrogen and oxygen atoms in total. The van der Waals surface area contributed by atoms with Gasteiger partial charge in [0.15, 0.2) is 0 Å². The van der Waals surface area contributed by atoms with Gasteiger partial charge < -0.3 is 10.6 Å². The van der Waals surface area contributed by atoms with E-state index in [-0.39, 0.29) is 5.82 Å². The van der Waals surface area contributed by atoms with E-state index in [4.69, 9.17) is 5.73 Å². The zero-order valence-electron chi connectivity index (χ0n) is 10.2. The molecule has 2 saturated heterocycles. The molecule has 0 spiro atoms. The van der Waals surface area contributed by atoms with Crippen molar-refractivity contribution in [3.05, 3.63) is 29.6 Å². The second kappa shape index (κ2) is 3.98. The first-order chi connectivity index (χ1) is 8.15. The Labute approximate surface area is 102 Å². The van der Waals surface area contributed by atoms with Gasteiger partial charge in [0.2, 0.25) is 0 Å². The molecule has 2 fully saturated rings. The normalized spacial score (nSPS) is 31.9. The molecule has 2 aliphatic rings. The SMILES string of the molecule is Cc1cc(F)ccc1N1C2CCC1CC(N)C2. The van der Waals surface area contributed by atoms with E-state index in [1.165, 1.54) is 18.5 Å². The average molecular weight is 234 g/mol. The zero-order chi connectivity index (χ0) is 12.0. The summed E-state index contributed by atoms with van der Waals surface area (Å²) in [5.41, 5.74) is 8.31. The van der Waals surface area contributed by atoms with Crippen LogP contribution in [-0.4, -0.2) is 18.1 Å². The Morgan fingerprint density at radius 2 is 1.88 bits per heavy atom. The van der Waals surface area contributed by atoms with Crippen LogP contribution in [0.3, 0.4) is 0 Å². The van der Waals surface area contributed by atoms with Crippen molar-refractivity contribution in [2.75, 3.05) is 4.90 Å². The van der Waals surface area contributed by atoms with E-state index in [1.807, 2.05) is 13.0 Å². The Hall–Kier alpha value is -1.09. The minimum absolute atomic E-state index is 0.146. The molecule has 0 saturated carbocycles. The van der Waals surface area contributed by atoms with E-state index in [1.54, 1.807) is 12.1 Å². The van der Waals surface area contributed by atoms with Crippen molar-refractivity contribution in [1.29, 1.82) is 0 Å². The Bertz CT molecular complexity index is 418. The van der Waals surface area contributed by atoms with Gasteiger partial charge in [-0.15, -0.1) is 0 Å². The quantitative estimate of drug-likeness (QED) is 0.809. The number of halogens is 1. The molecular formula is C14H19FN2. The van der Waals surface area contributed by atoms with Crippen LogP contribution in [-0.2, 0) is 0 Å². The summed E-state index contributed by atoms with van der Waals surface area (Å²) >= 11 is 0. The number of aryl methyl sites for hydroxylation is 1. The van der Waals surface area contributed by atoms with Gasteiger partial charge in [0.1, 0.15) is 5.82 Å². The predicted octanol–water partition coefficient (Wildman–Crippen LogP) is 2.59. The minimum atomic E-state index is -0.146. The number of hydrogen-bond donors (Lipinski definition) is 1. The summed E-state index contributed by atoms with van der Waals surface area (Å²) in [5.74, 6) is -0.146. The maximum atomic E-state index is 13.1. The topological polar surface area (TPSA) is 29.3 Å².